The molecule has 0 aromatic rings. The minimum atomic E-state index is -1.62. The molecule has 5 N–H and O–H groups in total. The highest BCUT2D eigenvalue weighted by Crippen LogP contribution is 2.09. The van der Waals surface area contributed by atoms with E-state index in [1.54, 1.807) is 6.07 Å². The predicted molar refractivity (Wildman–Crippen MR) is 46.0 cm³/mol. The Morgan fingerprint density at radius 3 is 1.93 bits per heavy atom. The highest BCUT2D eigenvalue weighted by molar-refractivity contribution is 4.82. The number of aliphatic hydroxyl groups excluding tert-OH is 5. The third kappa shape index (κ3) is 4.00. The van der Waals surface area contributed by atoms with Crippen LogP contribution in [0, 0.1) is 11.3 Å². The Bertz CT molecular complexity index is 193. The van der Waals surface area contributed by atoms with E-state index in [4.69, 9.17) is 20.6 Å². The third-order valence-electron chi connectivity index (χ3n) is 1.88. The van der Waals surface area contributed by atoms with Crippen molar-refractivity contribution in [3.63, 3.8) is 0 Å². The molecular formula is C8H15NO5. The molecule has 0 saturated carbocycles. The van der Waals surface area contributed by atoms with Crippen molar-refractivity contribution in [2.24, 2.45) is 0 Å². The first-order valence-electron chi connectivity index (χ1n) is 4.24. The van der Waals surface area contributed by atoms with Crippen LogP contribution in [-0.4, -0.2) is 56.6 Å². The molecule has 4 atom stereocenters. The van der Waals surface area contributed by atoms with Gasteiger partial charge in [-0.05, 0) is 6.42 Å². The average molecular weight is 205 g/mol. The first-order valence-corrected chi connectivity index (χ1v) is 4.24. The van der Waals surface area contributed by atoms with Crippen LogP contribution in [0.5, 0.6) is 0 Å². The van der Waals surface area contributed by atoms with Crippen LogP contribution in [0.1, 0.15) is 12.8 Å². The van der Waals surface area contributed by atoms with Crippen molar-refractivity contribution in [1.82, 2.24) is 0 Å². The van der Waals surface area contributed by atoms with Crippen LogP contribution in [0.2, 0.25) is 0 Å². The normalized spacial score (nSPS) is 19.4. The molecule has 0 spiro atoms. The van der Waals surface area contributed by atoms with Crippen LogP contribution in [0.4, 0.5) is 0 Å². The fourth-order valence-corrected chi connectivity index (χ4v) is 0.946. The number of hydrogen-bond donors (Lipinski definition) is 5. The van der Waals surface area contributed by atoms with Crippen LogP contribution in [0.25, 0.3) is 0 Å². The van der Waals surface area contributed by atoms with E-state index in [1.807, 2.05) is 0 Å². The van der Waals surface area contributed by atoms with E-state index in [-0.39, 0.29) is 12.8 Å². The largest absolute Gasteiger partial charge is 0.394 e. The van der Waals surface area contributed by atoms with Crippen molar-refractivity contribution in [1.29, 1.82) is 5.26 Å². The summed E-state index contributed by atoms with van der Waals surface area (Å²) in [6.45, 7) is -0.705. The lowest BCUT2D eigenvalue weighted by Crippen LogP contribution is -2.45. The highest BCUT2D eigenvalue weighted by Gasteiger charge is 2.29. The highest BCUT2D eigenvalue weighted by atomic mass is 16.4. The minimum Gasteiger partial charge on any atom is -0.394 e. The minimum absolute atomic E-state index is 0.00682. The Balaban J connectivity index is 4.03. The van der Waals surface area contributed by atoms with Crippen molar-refractivity contribution in [2.75, 3.05) is 6.61 Å². The predicted octanol–water partition coefficient (Wildman–Crippen LogP) is -2.27. The van der Waals surface area contributed by atoms with E-state index < -0.39 is 31.0 Å². The van der Waals surface area contributed by atoms with Crippen LogP contribution >= 0.6 is 0 Å². The molecule has 0 saturated heterocycles. The summed E-state index contributed by atoms with van der Waals surface area (Å²) in [7, 11) is 0. The Morgan fingerprint density at radius 2 is 1.50 bits per heavy atom. The van der Waals surface area contributed by atoms with Gasteiger partial charge in [0.15, 0.2) is 0 Å². The van der Waals surface area contributed by atoms with E-state index in [1.165, 1.54) is 0 Å². The summed E-state index contributed by atoms with van der Waals surface area (Å²) in [6, 6.07) is 1.77. The molecule has 0 aliphatic carbocycles. The van der Waals surface area contributed by atoms with Crippen LogP contribution in [0.3, 0.4) is 0 Å². The van der Waals surface area contributed by atoms with Crippen molar-refractivity contribution in [3.05, 3.63) is 0 Å². The zero-order chi connectivity index (χ0) is 11.1. The lowest BCUT2D eigenvalue weighted by molar-refractivity contribution is -0.115. The van der Waals surface area contributed by atoms with Crippen molar-refractivity contribution in [3.8, 4) is 6.07 Å². The first-order chi connectivity index (χ1) is 6.54. The second-order valence-corrected chi connectivity index (χ2v) is 3.00. The topological polar surface area (TPSA) is 125 Å². The molecule has 0 amide bonds. The van der Waals surface area contributed by atoms with Gasteiger partial charge in [-0.25, -0.2) is 0 Å². The van der Waals surface area contributed by atoms with Crippen molar-refractivity contribution >= 4 is 0 Å². The summed E-state index contributed by atoms with van der Waals surface area (Å²) >= 11 is 0. The summed E-state index contributed by atoms with van der Waals surface area (Å²) in [4.78, 5) is 0. The summed E-state index contributed by atoms with van der Waals surface area (Å²) in [5.74, 6) is 0. The van der Waals surface area contributed by atoms with Gasteiger partial charge in [0.2, 0.25) is 0 Å². The fraction of sp³-hybridized carbons (Fsp3) is 0.875. The summed E-state index contributed by atoms with van der Waals surface area (Å²) in [5.41, 5.74) is 0. The summed E-state index contributed by atoms with van der Waals surface area (Å²) in [6.07, 6.45) is -5.92. The third-order valence-corrected chi connectivity index (χ3v) is 1.88. The number of nitriles is 1. The van der Waals surface area contributed by atoms with Gasteiger partial charge >= 0.3 is 0 Å². The molecule has 0 aromatic carbocycles. The Hall–Kier alpha value is -0.710. The smallest absolute Gasteiger partial charge is 0.110 e. The maximum atomic E-state index is 9.23. The van der Waals surface area contributed by atoms with Gasteiger partial charge in [0.05, 0.1) is 18.8 Å². The molecule has 0 heterocycles. The van der Waals surface area contributed by atoms with E-state index >= 15 is 0 Å². The van der Waals surface area contributed by atoms with Crippen molar-refractivity contribution < 1.29 is 25.5 Å². The van der Waals surface area contributed by atoms with Gasteiger partial charge in [0.1, 0.15) is 18.3 Å². The van der Waals surface area contributed by atoms with Gasteiger partial charge in [-0.2, -0.15) is 5.26 Å². The van der Waals surface area contributed by atoms with Gasteiger partial charge < -0.3 is 25.5 Å². The van der Waals surface area contributed by atoms with Gasteiger partial charge in [0, 0.05) is 6.42 Å². The standard InChI is InChI=1S/C8H15NO5/c9-3-1-2-5(11)7(13)8(14)6(12)4-10/h5-8,10-14H,1-2,4H2/t5?,6-,7+,8+/m1/s1. The fourth-order valence-electron chi connectivity index (χ4n) is 0.946. The van der Waals surface area contributed by atoms with Gasteiger partial charge in [0.25, 0.3) is 0 Å². The van der Waals surface area contributed by atoms with E-state index in [9.17, 15) is 10.2 Å². The molecule has 0 fully saturated rings. The monoisotopic (exact) mass is 205 g/mol. The molecular weight excluding hydrogens is 190 g/mol. The molecule has 6 nitrogen and oxygen atoms in total. The van der Waals surface area contributed by atoms with E-state index in [0.717, 1.165) is 0 Å². The van der Waals surface area contributed by atoms with Gasteiger partial charge in [-0.1, -0.05) is 0 Å². The number of nitrogens with zero attached hydrogens (tertiary/aromatic N) is 1. The van der Waals surface area contributed by atoms with E-state index in [0.29, 0.717) is 0 Å². The number of rotatable bonds is 6. The zero-order valence-corrected chi connectivity index (χ0v) is 7.61. The molecule has 1 unspecified atom stereocenters. The van der Waals surface area contributed by atoms with Gasteiger partial charge in [-0.15, -0.1) is 0 Å². The van der Waals surface area contributed by atoms with E-state index in [2.05, 4.69) is 0 Å². The summed E-state index contributed by atoms with van der Waals surface area (Å²) in [5, 5.41) is 53.2. The second-order valence-electron chi connectivity index (χ2n) is 3.00. The van der Waals surface area contributed by atoms with Crippen LogP contribution < -0.4 is 0 Å². The summed E-state index contributed by atoms with van der Waals surface area (Å²) < 4.78 is 0. The Labute approximate surface area is 81.7 Å². The van der Waals surface area contributed by atoms with Crippen LogP contribution in [0.15, 0.2) is 0 Å². The molecule has 0 bridgehead atoms. The zero-order valence-electron chi connectivity index (χ0n) is 7.61. The lowest BCUT2D eigenvalue weighted by Gasteiger charge is -2.24. The quantitative estimate of drug-likeness (QED) is 0.333. The maximum absolute atomic E-state index is 9.23. The maximum Gasteiger partial charge on any atom is 0.110 e. The number of aliphatic hydroxyl groups is 5. The molecule has 0 radical (unpaired) electrons. The second kappa shape index (κ2) is 6.70. The Kier molecular flexibility index (Phi) is 6.36. The van der Waals surface area contributed by atoms with Crippen molar-refractivity contribution in [2.45, 2.75) is 37.3 Å². The van der Waals surface area contributed by atoms with Crippen LogP contribution in [-0.2, 0) is 0 Å². The molecule has 82 valence electrons. The molecule has 14 heavy (non-hydrogen) atoms. The van der Waals surface area contributed by atoms with Gasteiger partial charge in [-0.3, -0.25) is 0 Å². The molecule has 6 heteroatoms. The molecule has 0 aliphatic rings. The number of hydrogen-bond acceptors (Lipinski definition) is 6. The molecule has 0 aliphatic heterocycles. The SMILES string of the molecule is N#CCCC(O)[C@H](O)[C@@H](O)[C@H](O)CO. The Morgan fingerprint density at radius 1 is 1.00 bits per heavy atom. The lowest BCUT2D eigenvalue weighted by atomic mass is 10.0. The molecule has 0 aromatic heterocycles. The average Bonchev–Trinajstić information content (AvgIpc) is 2.22. The molecule has 0 rings (SSSR count). The first kappa shape index (κ1) is 13.3.